The quantitative estimate of drug-likeness (QED) is 0.487. The van der Waals surface area contributed by atoms with Gasteiger partial charge in [0.2, 0.25) is 15.9 Å². The first-order valence-corrected chi connectivity index (χ1v) is 12.9. The molecule has 2 heterocycles. The molecule has 0 bridgehead atoms. The Morgan fingerprint density at radius 1 is 1.12 bits per heavy atom. The normalized spacial score (nSPS) is 16.9. The number of aromatic nitrogens is 1. The molecule has 1 aliphatic carbocycles. The molecule has 1 aromatic heterocycles. The number of sulfonamides is 1. The molecule has 0 radical (unpaired) electrons. The smallest absolute Gasteiger partial charge is 0.408 e. The molecule has 1 saturated heterocycles. The molecule has 1 saturated carbocycles. The first-order valence-electron chi connectivity index (χ1n) is 11.5. The van der Waals surface area contributed by atoms with Crippen LogP contribution in [0, 0.1) is 5.82 Å². The molecule has 2 fully saturated rings. The number of benzene rings is 2. The van der Waals surface area contributed by atoms with Gasteiger partial charge in [-0.05, 0) is 43.9 Å². The number of carbonyl (C=O) groups excluding carboxylic acids is 1. The number of hydrogen-bond acceptors (Lipinski definition) is 5. The zero-order chi connectivity index (χ0) is 23.9. The van der Waals surface area contributed by atoms with Crippen molar-refractivity contribution in [2.75, 3.05) is 13.1 Å². The number of hydrogen-bond donors (Lipinski definition) is 0. The van der Waals surface area contributed by atoms with Gasteiger partial charge in [0.25, 0.3) is 0 Å². The van der Waals surface area contributed by atoms with Crippen molar-refractivity contribution in [3.8, 4) is 0 Å². The minimum Gasteiger partial charge on any atom is -0.408 e. The third-order valence-electron chi connectivity index (χ3n) is 6.50. The summed E-state index contributed by atoms with van der Waals surface area (Å²) >= 11 is 0. The van der Waals surface area contributed by atoms with Gasteiger partial charge in [0, 0.05) is 50.3 Å². The van der Waals surface area contributed by atoms with E-state index in [0.717, 1.165) is 25.7 Å². The molecular formula is C24H26FN3O5S. The van der Waals surface area contributed by atoms with Crippen molar-refractivity contribution in [2.24, 2.45) is 0 Å². The average molecular weight is 488 g/mol. The van der Waals surface area contributed by atoms with Crippen molar-refractivity contribution in [1.29, 1.82) is 0 Å². The molecule has 10 heteroatoms. The predicted molar refractivity (Wildman–Crippen MR) is 123 cm³/mol. The first-order chi connectivity index (χ1) is 16.3. The van der Waals surface area contributed by atoms with E-state index in [4.69, 9.17) is 4.42 Å². The Bertz CT molecular complexity index is 1390. The van der Waals surface area contributed by atoms with Gasteiger partial charge in [-0.2, -0.15) is 4.31 Å². The molecular weight excluding hydrogens is 461 g/mol. The van der Waals surface area contributed by atoms with Crippen molar-refractivity contribution in [3.63, 3.8) is 0 Å². The average Bonchev–Trinajstić information content (AvgIpc) is 3.38. The van der Waals surface area contributed by atoms with Gasteiger partial charge in [-0.3, -0.25) is 9.36 Å². The summed E-state index contributed by atoms with van der Waals surface area (Å²) in [5.41, 5.74) is 1.06. The number of rotatable bonds is 8. The van der Waals surface area contributed by atoms with Crippen molar-refractivity contribution >= 4 is 27.0 Å². The summed E-state index contributed by atoms with van der Waals surface area (Å²) in [5, 5.41) is 0. The van der Waals surface area contributed by atoms with E-state index in [-0.39, 0.29) is 47.8 Å². The maximum atomic E-state index is 14.1. The van der Waals surface area contributed by atoms with E-state index < -0.39 is 15.8 Å². The minimum atomic E-state index is -3.64. The van der Waals surface area contributed by atoms with Crippen molar-refractivity contribution in [2.45, 2.75) is 56.1 Å². The molecule has 0 unspecified atom stereocenters. The van der Waals surface area contributed by atoms with Crippen LogP contribution in [0.25, 0.3) is 11.1 Å². The SMILES string of the molecule is O=C(CCn1c(=O)oc2cc(S(=O)(=O)N3CCCC3)ccc21)N(Cc1ccccc1F)C1CC1. The molecule has 0 N–H and O–H groups in total. The highest BCUT2D eigenvalue weighted by Crippen LogP contribution is 2.30. The highest BCUT2D eigenvalue weighted by atomic mass is 32.2. The number of amides is 1. The lowest BCUT2D eigenvalue weighted by molar-refractivity contribution is -0.132. The van der Waals surface area contributed by atoms with Crippen molar-refractivity contribution < 1.29 is 22.0 Å². The number of aryl methyl sites for hydroxylation is 1. The Labute approximate surface area is 196 Å². The van der Waals surface area contributed by atoms with Crippen molar-refractivity contribution in [3.05, 3.63) is 64.4 Å². The van der Waals surface area contributed by atoms with E-state index in [1.165, 1.54) is 27.1 Å². The predicted octanol–water partition coefficient (Wildman–Crippen LogP) is 3.10. The number of oxazole rings is 1. The second-order valence-corrected chi connectivity index (χ2v) is 10.8. The maximum absolute atomic E-state index is 14.1. The second-order valence-electron chi connectivity index (χ2n) is 8.85. The van der Waals surface area contributed by atoms with Crippen LogP contribution in [0.2, 0.25) is 0 Å². The van der Waals surface area contributed by atoms with Crippen LogP contribution in [0.3, 0.4) is 0 Å². The summed E-state index contributed by atoms with van der Waals surface area (Å²) in [7, 11) is -3.64. The molecule has 8 nitrogen and oxygen atoms in total. The molecule has 0 spiro atoms. The number of halogens is 1. The minimum absolute atomic E-state index is 0.0489. The Morgan fingerprint density at radius 2 is 1.85 bits per heavy atom. The Morgan fingerprint density at radius 3 is 2.56 bits per heavy atom. The molecule has 1 aliphatic heterocycles. The fraction of sp³-hybridized carbons (Fsp3) is 0.417. The summed E-state index contributed by atoms with van der Waals surface area (Å²) in [6.07, 6.45) is 3.46. The highest BCUT2D eigenvalue weighted by Gasteiger charge is 2.33. The van der Waals surface area contributed by atoms with Gasteiger partial charge in [-0.25, -0.2) is 17.6 Å². The second kappa shape index (κ2) is 8.99. The maximum Gasteiger partial charge on any atom is 0.419 e. The number of fused-ring (bicyclic) bond motifs is 1. The fourth-order valence-electron chi connectivity index (χ4n) is 4.46. The van der Waals surface area contributed by atoms with E-state index in [0.29, 0.717) is 24.2 Å². The summed E-state index contributed by atoms with van der Waals surface area (Å²) in [6.45, 7) is 1.24. The lowest BCUT2D eigenvalue weighted by Gasteiger charge is -2.23. The Kier molecular flexibility index (Phi) is 6.03. The highest BCUT2D eigenvalue weighted by molar-refractivity contribution is 7.89. The monoisotopic (exact) mass is 487 g/mol. The molecule has 180 valence electrons. The van der Waals surface area contributed by atoms with Gasteiger partial charge in [0.15, 0.2) is 5.58 Å². The standard InChI is InChI=1S/C24H26FN3O5S/c25-20-6-2-1-5-17(20)16-28(18-7-8-18)23(29)11-14-27-21-10-9-19(15-22(21)33-24(27)30)34(31,32)26-12-3-4-13-26/h1-2,5-6,9-10,15,18H,3-4,7-8,11-14,16H2. The molecule has 2 aromatic carbocycles. The third kappa shape index (κ3) is 4.39. The van der Waals surface area contributed by atoms with Crippen LogP contribution in [0.5, 0.6) is 0 Å². The summed E-state index contributed by atoms with van der Waals surface area (Å²) < 4.78 is 47.8. The van der Waals surface area contributed by atoms with Crippen LogP contribution in [0.15, 0.2) is 56.6 Å². The largest absolute Gasteiger partial charge is 0.419 e. The Hall–Kier alpha value is -2.98. The lowest BCUT2D eigenvalue weighted by Crippen LogP contribution is -2.34. The van der Waals surface area contributed by atoms with Gasteiger partial charge in [-0.1, -0.05) is 18.2 Å². The van der Waals surface area contributed by atoms with E-state index in [1.807, 2.05) is 0 Å². The Balaban J connectivity index is 1.33. The summed E-state index contributed by atoms with van der Waals surface area (Å²) in [4.78, 5) is 27.2. The van der Waals surface area contributed by atoms with E-state index in [1.54, 1.807) is 29.2 Å². The molecule has 5 rings (SSSR count). The topological polar surface area (TPSA) is 92.8 Å². The molecule has 3 aromatic rings. The van der Waals surface area contributed by atoms with Crippen LogP contribution in [-0.2, 0) is 27.9 Å². The first kappa shape index (κ1) is 22.8. The molecule has 1 amide bonds. The lowest BCUT2D eigenvalue weighted by atomic mass is 10.2. The van der Waals surface area contributed by atoms with E-state index in [9.17, 15) is 22.4 Å². The van der Waals surface area contributed by atoms with Crippen LogP contribution in [0.4, 0.5) is 4.39 Å². The van der Waals surface area contributed by atoms with Crippen LogP contribution in [-0.4, -0.2) is 47.2 Å². The van der Waals surface area contributed by atoms with Crippen molar-refractivity contribution in [1.82, 2.24) is 13.8 Å². The van der Waals surface area contributed by atoms with Gasteiger partial charge < -0.3 is 9.32 Å². The van der Waals surface area contributed by atoms with Gasteiger partial charge in [0.1, 0.15) is 5.82 Å². The van der Waals surface area contributed by atoms with Gasteiger partial charge >= 0.3 is 5.76 Å². The number of carbonyl (C=O) groups is 1. The van der Waals surface area contributed by atoms with E-state index in [2.05, 4.69) is 0 Å². The summed E-state index contributed by atoms with van der Waals surface area (Å²) in [6, 6.07) is 10.9. The zero-order valence-electron chi connectivity index (χ0n) is 18.7. The van der Waals surface area contributed by atoms with Gasteiger partial charge in [-0.15, -0.1) is 0 Å². The van der Waals surface area contributed by atoms with Crippen LogP contribution >= 0.6 is 0 Å². The number of nitrogens with zero attached hydrogens (tertiary/aromatic N) is 3. The molecule has 34 heavy (non-hydrogen) atoms. The zero-order valence-corrected chi connectivity index (χ0v) is 19.5. The van der Waals surface area contributed by atoms with Gasteiger partial charge in [0.05, 0.1) is 10.4 Å². The summed E-state index contributed by atoms with van der Waals surface area (Å²) in [5.74, 6) is -1.16. The van der Waals surface area contributed by atoms with E-state index >= 15 is 0 Å². The van der Waals surface area contributed by atoms with Crippen LogP contribution in [0.1, 0.15) is 37.7 Å². The molecule has 0 atom stereocenters. The molecule has 2 aliphatic rings. The third-order valence-corrected chi connectivity index (χ3v) is 8.39. The fourth-order valence-corrected chi connectivity index (χ4v) is 6.00. The van der Waals surface area contributed by atoms with Crippen LogP contribution < -0.4 is 5.76 Å².